The summed E-state index contributed by atoms with van der Waals surface area (Å²) < 4.78 is 10.8. The number of hydrogen-bond donors (Lipinski definition) is 0. The summed E-state index contributed by atoms with van der Waals surface area (Å²) in [5, 5.41) is 0. The van der Waals surface area contributed by atoms with E-state index in [0.717, 1.165) is 10.2 Å². The minimum absolute atomic E-state index is 0.262. The SMILES string of the molecule is CC.COC(=O)CCOc1ccc(Br)cc1. The number of rotatable bonds is 4. The van der Waals surface area contributed by atoms with Crippen LogP contribution in [0.25, 0.3) is 0 Å². The van der Waals surface area contributed by atoms with E-state index >= 15 is 0 Å². The molecule has 0 N–H and O–H groups in total. The summed E-state index contributed by atoms with van der Waals surface area (Å²) in [5.74, 6) is 0.485. The molecule has 0 fully saturated rings. The number of esters is 1. The van der Waals surface area contributed by atoms with E-state index in [2.05, 4.69) is 20.7 Å². The van der Waals surface area contributed by atoms with Crippen molar-refractivity contribution < 1.29 is 14.3 Å². The minimum Gasteiger partial charge on any atom is -0.493 e. The highest BCUT2D eigenvalue weighted by molar-refractivity contribution is 9.10. The van der Waals surface area contributed by atoms with Crippen molar-refractivity contribution in [3.05, 3.63) is 28.7 Å². The zero-order valence-electron chi connectivity index (χ0n) is 9.83. The van der Waals surface area contributed by atoms with Crippen molar-refractivity contribution in [2.45, 2.75) is 20.3 Å². The van der Waals surface area contributed by atoms with Crippen LogP contribution in [0.4, 0.5) is 0 Å². The van der Waals surface area contributed by atoms with Crippen LogP contribution in [0.2, 0.25) is 0 Å². The predicted octanol–water partition coefficient (Wildman–Crippen LogP) is 3.42. The van der Waals surface area contributed by atoms with Gasteiger partial charge >= 0.3 is 5.97 Å². The lowest BCUT2D eigenvalue weighted by atomic mass is 10.3. The van der Waals surface area contributed by atoms with Crippen LogP contribution in [0.15, 0.2) is 28.7 Å². The van der Waals surface area contributed by atoms with Gasteiger partial charge in [-0.15, -0.1) is 0 Å². The third kappa shape index (κ3) is 6.45. The zero-order chi connectivity index (χ0) is 12.4. The Morgan fingerprint density at radius 1 is 1.25 bits per heavy atom. The highest BCUT2D eigenvalue weighted by atomic mass is 79.9. The van der Waals surface area contributed by atoms with Gasteiger partial charge < -0.3 is 9.47 Å². The molecule has 1 rings (SSSR count). The predicted molar refractivity (Wildman–Crippen MR) is 67.6 cm³/mol. The van der Waals surface area contributed by atoms with Gasteiger partial charge in [-0.1, -0.05) is 29.8 Å². The highest BCUT2D eigenvalue weighted by Crippen LogP contribution is 2.16. The molecular weight excluding hydrogens is 272 g/mol. The molecule has 0 aliphatic heterocycles. The summed E-state index contributed by atoms with van der Waals surface area (Å²) in [5.41, 5.74) is 0. The molecule has 3 nitrogen and oxygen atoms in total. The second-order valence-electron chi connectivity index (χ2n) is 2.63. The van der Waals surface area contributed by atoms with Gasteiger partial charge in [0, 0.05) is 4.47 Å². The van der Waals surface area contributed by atoms with E-state index in [1.807, 2.05) is 38.1 Å². The highest BCUT2D eigenvalue weighted by Gasteiger charge is 2.00. The Bertz CT molecular complexity index is 296. The van der Waals surface area contributed by atoms with Crippen molar-refractivity contribution in [1.29, 1.82) is 0 Å². The second-order valence-corrected chi connectivity index (χ2v) is 3.54. The molecule has 0 amide bonds. The lowest BCUT2D eigenvalue weighted by Gasteiger charge is -2.04. The van der Waals surface area contributed by atoms with Crippen LogP contribution in [0.5, 0.6) is 5.75 Å². The standard InChI is InChI=1S/C10H11BrO3.C2H6/c1-13-10(12)6-7-14-9-4-2-8(11)3-5-9;1-2/h2-5H,6-7H2,1H3;1-2H3. The van der Waals surface area contributed by atoms with Crippen LogP contribution in [-0.2, 0) is 9.53 Å². The van der Waals surface area contributed by atoms with Gasteiger partial charge in [0.25, 0.3) is 0 Å². The van der Waals surface area contributed by atoms with Gasteiger partial charge in [0.05, 0.1) is 20.1 Å². The number of ether oxygens (including phenoxy) is 2. The normalized spacial score (nSPS) is 8.75. The summed E-state index contributed by atoms with van der Waals surface area (Å²) in [7, 11) is 1.36. The van der Waals surface area contributed by atoms with Gasteiger partial charge in [0.15, 0.2) is 0 Å². The fourth-order valence-electron chi connectivity index (χ4n) is 0.885. The molecule has 4 heteroatoms. The molecule has 0 bridgehead atoms. The number of carbonyl (C=O) groups is 1. The number of methoxy groups -OCH3 is 1. The van der Waals surface area contributed by atoms with Crippen molar-refractivity contribution in [3.8, 4) is 5.75 Å². The van der Waals surface area contributed by atoms with E-state index in [-0.39, 0.29) is 12.4 Å². The molecule has 0 saturated heterocycles. The van der Waals surface area contributed by atoms with E-state index in [9.17, 15) is 4.79 Å². The van der Waals surface area contributed by atoms with Crippen molar-refractivity contribution in [3.63, 3.8) is 0 Å². The molecule has 0 aromatic heterocycles. The first kappa shape index (κ1) is 15.0. The van der Waals surface area contributed by atoms with Crippen molar-refractivity contribution in [2.24, 2.45) is 0 Å². The zero-order valence-corrected chi connectivity index (χ0v) is 11.4. The smallest absolute Gasteiger partial charge is 0.308 e. The topological polar surface area (TPSA) is 35.5 Å². The van der Waals surface area contributed by atoms with E-state index in [1.54, 1.807) is 0 Å². The van der Waals surface area contributed by atoms with Crippen LogP contribution in [-0.4, -0.2) is 19.7 Å². The molecule has 0 atom stereocenters. The van der Waals surface area contributed by atoms with Crippen molar-refractivity contribution in [1.82, 2.24) is 0 Å². The largest absolute Gasteiger partial charge is 0.493 e. The molecule has 0 radical (unpaired) electrons. The fraction of sp³-hybridized carbons (Fsp3) is 0.417. The molecule has 1 aromatic rings. The fourth-order valence-corrected chi connectivity index (χ4v) is 1.15. The summed E-state index contributed by atoms with van der Waals surface area (Å²) >= 11 is 3.32. The third-order valence-electron chi connectivity index (χ3n) is 1.62. The Morgan fingerprint density at radius 3 is 2.31 bits per heavy atom. The molecule has 1 aromatic carbocycles. The van der Waals surface area contributed by atoms with Gasteiger partial charge in [0.1, 0.15) is 5.75 Å². The quantitative estimate of drug-likeness (QED) is 0.797. The molecule has 0 aliphatic rings. The van der Waals surface area contributed by atoms with Gasteiger partial charge in [-0.3, -0.25) is 4.79 Å². The average molecular weight is 289 g/mol. The minimum atomic E-state index is -0.262. The van der Waals surface area contributed by atoms with Gasteiger partial charge in [-0.05, 0) is 24.3 Å². The lowest BCUT2D eigenvalue weighted by molar-refractivity contribution is -0.141. The summed E-state index contributed by atoms with van der Waals surface area (Å²) in [4.78, 5) is 10.7. The number of hydrogen-bond acceptors (Lipinski definition) is 3. The monoisotopic (exact) mass is 288 g/mol. The molecule has 0 spiro atoms. The van der Waals surface area contributed by atoms with Crippen LogP contribution >= 0.6 is 15.9 Å². The van der Waals surface area contributed by atoms with Crippen LogP contribution in [0, 0.1) is 0 Å². The molecule has 0 unspecified atom stereocenters. The number of halogens is 1. The van der Waals surface area contributed by atoms with Crippen molar-refractivity contribution >= 4 is 21.9 Å². The Labute approximate surface area is 105 Å². The van der Waals surface area contributed by atoms with E-state index in [1.165, 1.54) is 7.11 Å². The molecule has 16 heavy (non-hydrogen) atoms. The van der Waals surface area contributed by atoms with Crippen molar-refractivity contribution in [2.75, 3.05) is 13.7 Å². The maximum absolute atomic E-state index is 10.7. The molecular formula is C12H17BrO3. The molecule has 0 heterocycles. The first-order valence-corrected chi connectivity index (χ1v) is 5.97. The molecule has 0 aliphatic carbocycles. The van der Waals surface area contributed by atoms with E-state index < -0.39 is 0 Å². The van der Waals surface area contributed by atoms with Gasteiger partial charge in [0.2, 0.25) is 0 Å². The maximum atomic E-state index is 10.7. The second kappa shape index (κ2) is 9.21. The van der Waals surface area contributed by atoms with Crippen LogP contribution < -0.4 is 4.74 Å². The summed E-state index contributed by atoms with van der Waals surface area (Å²) in [6.45, 7) is 4.34. The lowest BCUT2D eigenvalue weighted by Crippen LogP contribution is -2.07. The van der Waals surface area contributed by atoms with Crippen LogP contribution in [0.1, 0.15) is 20.3 Å². The summed E-state index contributed by atoms with van der Waals surface area (Å²) in [6, 6.07) is 7.43. The Balaban J connectivity index is 0.00000106. The molecule has 90 valence electrons. The Kier molecular flexibility index (Phi) is 8.62. The number of benzene rings is 1. The third-order valence-corrected chi connectivity index (χ3v) is 2.14. The Hall–Kier alpha value is -1.03. The van der Waals surface area contributed by atoms with Gasteiger partial charge in [-0.2, -0.15) is 0 Å². The average Bonchev–Trinajstić information content (AvgIpc) is 2.34. The van der Waals surface area contributed by atoms with E-state index in [0.29, 0.717) is 6.61 Å². The van der Waals surface area contributed by atoms with Crippen LogP contribution in [0.3, 0.4) is 0 Å². The first-order chi connectivity index (χ1) is 7.72. The summed E-state index contributed by atoms with van der Waals surface area (Å²) in [6.07, 6.45) is 0.270. The number of carbonyl (C=O) groups excluding carboxylic acids is 1. The maximum Gasteiger partial charge on any atom is 0.308 e. The molecule has 0 saturated carbocycles. The van der Waals surface area contributed by atoms with E-state index in [4.69, 9.17) is 4.74 Å². The first-order valence-electron chi connectivity index (χ1n) is 5.17. The Morgan fingerprint density at radius 2 is 1.81 bits per heavy atom. The van der Waals surface area contributed by atoms with Gasteiger partial charge in [-0.25, -0.2) is 0 Å².